The van der Waals surface area contributed by atoms with Crippen LogP contribution in [-0.2, 0) is 19.6 Å². The quantitative estimate of drug-likeness (QED) is 0.504. The zero-order valence-electron chi connectivity index (χ0n) is 19.0. The van der Waals surface area contributed by atoms with E-state index in [2.05, 4.69) is 29.2 Å². The summed E-state index contributed by atoms with van der Waals surface area (Å²) >= 11 is 0. The van der Waals surface area contributed by atoms with Gasteiger partial charge < -0.3 is 15.4 Å². The normalized spacial score (nSPS) is 18.0. The molecule has 174 valence electrons. The first kappa shape index (κ1) is 23.8. The molecule has 0 radical (unpaired) electrons. The Bertz CT molecular complexity index is 1100. The van der Waals surface area contributed by atoms with Gasteiger partial charge in [-0.3, -0.25) is 9.52 Å². The fourth-order valence-corrected chi connectivity index (χ4v) is 4.83. The van der Waals surface area contributed by atoms with E-state index in [-0.39, 0.29) is 23.2 Å². The number of rotatable bonds is 7. The first-order valence-corrected chi connectivity index (χ1v) is 12.0. The van der Waals surface area contributed by atoms with Crippen molar-refractivity contribution in [1.29, 1.82) is 0 Å². The molecule has 0 bridgehead atoms. The van der Waals surface area contributed by atoms with Crippen molar-refractivity contribution in [3.8, 4) is 0 Å². The minimum absolute atomic E-state index is 0.0374. The second-order valence-electron chi connectivity index (χ2n) is 9.51. The predicted octanol–water partition coefficient (Wildman–Crippen LogP) is 4.94. The van der Waals surface area contributed by atoms with Gasteiger partial charge >= 0.3 is 5.97 Å². The lowest BCUT2D eigenvalue weighted by Gasteiger charge is -2.33. The Morgan fingerprint density at radius 1 is 1.09 bits per heavy atom. The first-order chi connectivity index (χ1) is 14.8. The van der Waals surface area contributed by atoms with Crippen LogP contribution in [0.3, 0.4) is 0 Å². The maximum atomic E-state index is 13.1. The van der Waals surface area contributed by atoms with E-state index in [0.717, 1.165) is 17.8 Å². The van der Waals surface area contributed by atoms with E-state index in [9.17, 15) is 17.6 Å². The Morgan fingerprint density at radius 3 is 2.31 bits per heavy atom. The third-order valence-corrected chi connectivity index (χ3v) is 6.16. The maximum absolute atomic E-state index is 13.1. The van der Waals surface area contributed by atoms with E-state index >= 15 is 0 Å². The summed E-state index contributed by atoms with van der Waals surface area (Å²) in [6.07, 6.45) is 0.755. The molecule has 0 spiro atoms. The average molecular weight is 464 g/mol. The SMILES string of the molecule is CC(C)CC1(CC(=O)OC(C)(C)C)Nc2ccc(NS(=O)(=O)c3ccc(F)cc3)cc2N1. The number of sulfonamides is 1. The number of carbonyl (C=O) groups is 1. The highest BCUT2D eigenvalue weighted by Gasteiger charge is 2.40. The van der Waals surface area contributed by atoms with Gasteiger partial charge in [-0.15, -0.1) is 0 Å². The highest BCUT2D eigenvalue weighted by Crippen LogP contribution is 2.41. The van der Waals surface area contributed by atoms with Crippen LogP contribution in [0.5, 0.6) is 0 Å². The summed E-state index contributed by atoms with van der Waals surface area (Å²) in [6, 6.07) is 9.66. The van der Waals surface area contributed by atoms with Gasteiger partial charge in [-0.05, 0) is 75.6 Å². The molecular formula is C23H30FN3O4S. The van der Waals surface area contributed by atoms with Crippen LogP contribution in [0, 0.1) is 11.7 Å². The smallest absolute Gasteiger partial charge is 0.310 e. The number of fused-ring (bicyclic) bond motifs is 1. The van der Waals surface area contributed by atoms with Gasteiger partial charge in [0.2, 0.25) is 0 Å². The fourth-order valence-electron chi connectivity index (χ4n) is 3.78. The largest absolute Gasteiger partial charge is 0.460 e. The molecule has 1 heterocycles. The molecule has 3 N–H and O–H groups in total. The number of esters is 1. The fraction of sp³-hybridized carbons (Fsp3) is 0.435. The number of ether oxygens (including phenoxy) is 1. The van der Waals surface area contributed by atoms with Crippen LogP contribution in [-0.4, -0.2) is 25.7 Å². The summed E-state index contributed by atoms with van der Waals surface area (Å²) in [5.41, 5.74) is 0.452. The molecule has 0 fully saturated rings. The number of nitrogens with one attached hydrogen (secondary N) is 3. The van der Waals surface area contributed by atoms with E-state index < -0.39 is 27.1 Å². The van der Waals surface area contributed by atoms with E-state index in [1.54, 1.807) is 18.2 Å². The van der Waals surface area contributed by atoms with Crippen LogP contribution >= 0.6 is 0 Å². The van der Waals surface area contributed by atoms with Gasteiger partial charge in [-0.2, -0.15) is 0 Å². The molecule has 0 saturated heterocycles. The van der Waals surface area contributed by atoms with Crippen molar-refractivity contribution in [2.45, 2.75) is 63.6 Å². The number of carbonyl (C=O) groups excluding carboxylic acids is 1. The summed E-state index contributed by atoms with van der Waals surface area (Å²) in [6.45, 7) is 9.59. The van der Waals surface area contributed by atoms with Gasteiger partial charge in [0.1, 0.15) is 17.1 Å². The van der Waals surface area contributed by atoms with Gasteiger partial charge in [0.25, 0.3) is 10.0 Å². The lowest BCUT2D eigenvalue weighted by atomic mass is 9.94. The summed E-state index contributed by atoms with van der Waals surface area (Å²) in [5, 5.41) is 6.77. The van der Waals surface area contributed by atoms with Crippen LogP contribution in [0.4, 0.5) is 21.5 Å². The molecule has 0 aromatic heterocycles. The Balaban J connectivity index is 1.81. The third-order valence-electron chi connectivity index (χ3n) is 4.77. The molecule has 2 aromatic carbocycles. The zero-order chi connectivity index (χ0) is 23.7. The average Bonchev–Trinajstić information content (AvgIpc) is 2.95. The zero-order valence-corrected chi connectivity index (χ0v) is 19.8. The van der Waals surface area contributed by atoms with Crippen LogP contribution in [0.1, 0.15) is 47.5 Å². The molecule has 3 rings (SSSR count). The Hall–Kier alpha value is -2.81. The van der Waals surface area contributed by atoms with E-state index in [1.165, 1.54) is 12.1 Å². The molecule has 0 aliphatic carbocycles. The van der Waals surface area contributed by atoms with Crippen molar-refractivity contribution in [2.75, 3.05) is 15.4 Å². The number of hydrogen-bond acceptors (Lipinski definition) is 6. The first-order valence-electron chi connectivity index (χ1n) is 10.5. The van der Waals surface area contributed by atoms with Crippen molar-refractivity contribution < 1.29 is 22.3 Å². The molecule has 0 saturated carbocycles. The molecule has 7 nitrogen and oxygen atoms in total. The summed E-state index contributed by atoms with van der Waals surface area (Å²) < 4.78 is 46.4. The van der Waals surface area contributed by atoms with Crippen molar-refractivity contribution in [2.24, 2.45) is 5.92 Å². The van der Waals surface area contributed by atoms with Crippen LogP contribution in [0.2, 0.25) is 0 Å². The van der Waals surface area contributed by atoms with Crippen molar-refractivity contribution >= 4 is 33.1 Å². The van der Waals surface area contributed by atoms with Crippen molar-refractivity contribution in [1.82, 2.24) is 0 Å². The van der Waals surface area contributed by atoms with Crippen LogP contribution in [0.15, 0.2) is 47.4 Å². The van der Waals surface area contributed by atoms with Gasteiger partial charge in [-0.1, -0.05) is 13.8 Å². The van der Waals surface area contributed by atoms with Gasteiger partial charge in [-0.25, -0.2) is 12.8 Å². The molecule has 1 aliphatic heterocycles. The van der Waals surface area contributed by atoms with Crippen molar-refractivity contribution in [3.63, 3.8) is 0 Å². The molecule has 0 amide bonds. The van der Waals surface area contributed by atoms with E-state index in [4.69, 9.17) is 4.74 Å². The second kappa shape index (κ2) is 8.61. The molecule has 1 aliphatic rings. The second-order valence-corrected chi connectivity index (χ2v) is 11.2. The summed E-state index contributed by atoms with van der Waals surface area (Å²) in [7, 11) is -3.87. The predicted molar refractivity (Wildman–Crippen MR) is 124 cm³/mol. The molecule has 9 heteroatoms. The van der Waals surface area contributed by atoms with Crippen LogP contribution in [0.25, 0.3) is 0 Å². The number of benzene rings is 2. The Morgan fingerprint density at radius 2 is 1.72 bits per heavy atom. The Kier molecular flexibility index (Phi) is 6.42. The third kappa shape index (κ3) is 5.91. The molecule has 2 aromatic rings. The lowest BCUT2D eigenvalue weighted by molar-refractivity contribution is -0.155. The van der Waals surface area contributed by atoms with E-state index in [1.807, 2.05) is 20.8 Å². The van der Waals surface area contributed by atoms with Crippen LogP contribution < -0.4 is 15.4 Å². The molecule has 1 atom stereocenters. The maximum Gasteiger partial charge on any atom is 0.310 e. The minimum atomic E-state index is -3.87. The lowest BCUT2D eigenvalue weighted by Crippen LogP contribution is -2.46. The Labute approximate surface area is 188 Å². The number of anilines is 3. The topological polar surface area (TPSA) is 96.5 Å². The number of halogens is 1. The minimum Gasteiger partial charge on any atom is -0.460 e. The standard InChI is InChI=1S/C23H30FN3O4S/c1-15(2)13-23(14-21(28)31-22(3,4)5)25-19-11-8-17(12-20(19)26-23)27-32(29,30)18-9-6-16(24)7-10-18/h6-12,15,25-27H,13-14H2,1-5H3. The highest BCUT2D eigenvalue weighted by atomic mass is 32.2. The van der Waals surface area contributed by atoms with Gasteiger partial charge in [0.05, 0.1) is 28.4 Å². The molecule has 1 unspecified atom stereocenters. The van der Waals surface area contributed by atoms with Gasteiger partial charge in [0, 0.05) is 0 Å². The molecular weight excluding hydrogens is 433 g/mol. The highest BCUT2D eigenvalue weighted by molar-refractivity contribution is 7.92. The number of hydrogen-bond donors (Lipinski definition) is 3. The van der Waals surface area contributed by atoms with Crippen molar-refractivity contribution in [3.05, 3.63) is 48.3 Å². The summed E-state index contributed by atoms with van der Waals surface area (Å²) in [4.78, 5) is 12.5. The monoisotopic (exact) mass is 463 g/mol. The van der Waals surface area contributed by atoms with E-state index in [0.29, 0.717) is 17.8 Å². The van der Waals surface area contributed by atoms with Gasteiger partial charge in [0.15, 0.2) is 0 Å². The molecule has 32 heavy (non-hydrogen) atoms. The summed E-state index contributed by atoms with van der Waals surface area (Å²) in [5.74, 6) is -0.561.